The molecule has 5 amide bonds. The molecule has 4 aromatic rings. The smallest absolute Gasteiger partial charge is 0.266 e. The highest BCUT2D eigenvalue weighted by molar-refractivity contribution is 7.86. The molecule has 0 saturated carbocycles. The first-order chi connectivity index (χ1) is 61.3. The van der Waals surface area contributed by atoms with Gasteiger partial charge in [-0.05, 0) is 127 Å². The Hall–Kier alpha value is -8.71. The van der Waals surface area contributed by atoms with E-state index in [0.717, 1.165) is 154 Å². The van der Waals surface area contributed by atoms with Crippen molar-refractivity contribution in [2.45, 2.75) is 273 Å². The van der Waals surface area contributed by atoms with Crippen LogP contribution in [-0.4, -0.2) is 206 Å². The first-order valence-corrected chi connectivity index (χ1v) is 52.8. The van der Waals surface area contributed by atoms with Crippen LogP contribution in [0.2, 0.25) is 0 Å². The first-order valence-electron chi connectivity index (χ1n) is 46.4. The zero-order chi connectivity index (χ0) is 94.8. The van der Waals surface area contributed by atoms with Crippen LogP contribution in [-0.2, 0) is 51.3 Å². The summed E-state index contributed by atoms with van der Waals surface area (Å²) in [6.45, 7) is 21.4. The third-order valence-electron chi connectivity index (χ3n) is 22.4. The molecule has 4 aromatic carbocycles. The quantitative estimate of drug-likeness (QED) is 0.00881. The molecule has 0 unspecified atom stereocenters. The van der Waals surface area contributed by atoms with Crippen molar-refractivity contribution in [2.24, 2.45) is 0 Å². The number of allylic oxidation sites excluding steroid dienone is 4. The van der Waals surface area contributed by atoms with Crippen molar-refractivity contribution in [3.05, 3.63) is 117 Å². The van der Waals surface area contributed by atoms with E-state index in [0.29, 0.717) is 91.1 Å². The number of ketones is 1. The van der Waals surface area contributed by atoms with Gasteiger partial charge in [-0.2, -0.15) is 29.8 Å². The van der Waals surface area contributed by atoms with Crippen LogP contribution in [0, 0.1) is 0 Å². The van der Waals surface area contributed by atoms with Gasteiger partial charge in [0.15, 0.2) is 34.5 Å². The summed E-state index contributed by atoms with van der Waals surface area (Å²) in [4.78, 5) is 89.1. The van der Waals surface area contributed by atoms with Crippen LogP contribution >= 0.6 is 0 Å². The van der Waals surface area contributed by atoms with Crippen LogP contribution in [0.1, 0.15) is 335 Å². The Balaban J connectivity index is 1.43. The minimum Gasteiger partial charge on any atom is -0.748 e. The number of anilines is 1. The van der Waals surface area contributed by atoms with E-state index in [9.17, 15) is 75.9 Å². The lowest BCUT2D eigenvalue weighted by Gasteiger charge is -2.27. The Kier molecular flexibility index (Phi) is 46.4. The van der Waals surface area contributed by atoms with Crippen molar-refractivity contribution in [1.82, 2.24) is 26.6 Å². The molecule has 0 aromatic heterocycles. The summed E-state index contributed by atoms with van der Waals surface area (Å²) in [5.74, 6) is -4.54. The van der Waals surface area contributed by atoms with Crippen LogP contribution in [0.5, 0.6) is 34.5 Å². The summed E-state index contributed by atoms with van der Waals surface area (Å²) in [6.07, 6.45) is 27.2. The number of carbonyl (C=O) groups excluding carboxylic acids is 6. The minimum atomic E-state index is -4.84. The van der Waals surface area contributed by atoms with E-state index in [1.54, 1.807) is 85.7 Å². The van der Waals surface area contributed by atoms with Gasteiger partial charge in [0.05, 0.1) is 83.6 Å². The Morgan fingerprint density at radius 1 is 0.395 bits per heavy atom. The summed E-state index contributed by atoms with van der Waals surface area (Å²) >= 11 is 0. The summed E-state index contributed by atoms with van der Waals surface area (Å²) in [7, 11) is -18.6. The molecule has 0 saturated heterocycles. The maximum absolute atomic E-state index is 15.4. The molecule has 0 bridgehead atoms. The van der Waals surface area contributed by atoms with Gasteiger partial charge in [0, 0.05) is 120 Å². The van der Waals surface area contributed by atoms with Gasteiger partial charge in [0.1, 0.15) is 6.54 Å². The molecule has 31 nitrogen and oxygen atoms in total. The predicted molar refractivity (Wildman–Crippen MR) is 502 cm³/mol. The average molecular weight is 1880 g/mol. The number of carbonyl (C=O) groups is 6. The molecular formula is C94H143N7O24S4. The third kappa shape index (κ3) is 36.8. The molecule has 0 atom stereocenters. The van der Waals surface area contributed by atoms with Crippen LogP contribution in [0.4, 0.5) is 11.4 Å². The van der Waals surface area contributed by atoms with Gasteiger partial charge in [-0.15, -0.1) is 0 Å². The molecule has 6 rings (SSSR count). The van der Waals surface area contributed by atoms with E-state index in [4.69, 9.17) is 28.4 Å². The van der Waals surface area contributed by atoms with Gasteiger partial charge >= 0.3 is 0 Å². The fraction of sp³-hybridized carbons (Fsp3) is 0.628. The maximum atomic E-state index is 15.4. The number of hydrogen-bond acceptors (Lipinski definition) is 22. The lowest BCUT2D eigenvalue weighted by molar-refractivity contribution is -0.437. The second kappa shape index (κ2) is 54.9. The number of unbranched alkanes of at least 4 members (excludes halogenated alkanes) is 18. The van der Waals surface area contributed by atoms with E-state index >= 15 is 4.79 Å². The second-order valence-electron chi connectivity index (χ2n) is 34.1. The van der Waals surface area contributed by atoms with Crippen molar-refractivity contribution in [3.63, 3.8) is 0 Å². The van der Waals surface area contributed by atoms with Crippen molar-refractivity contribution in [3.8, 4) is 34.5 Å². The van der Waals surface area contributed by atoms with Crippen molar-refractivity contribution >= 4 is 92.9 Å². The Morgan fingerprint density at radius 2 is 0.760 bits per heavy atom. The number of rotatable bonds is 67. The number of hydrogen-bond donors (Lipinski definition) is 8. The third-order valence-corrected chi connectivity index (χ3v) is 25.6. The number of ether oxygens (including phenoxy) is 6. The SMILES string of the molecule is CCCCCCOc1cc(C(=O)NCCCNC(=O)c2cc(C(=O)NCCCNC(=O)c3cc(OCCCCCC)c(OCCCCCC)c(OCCCCCC)c3)c3c(c2)N(CCCS(=O)(=O)O)/C(=C/C=C/C2=[N+](CCCS(=O)(=O)[O-])c4cc(C(=O)CCCS(=O)(=O)O)cc(C(=O)NCCS(=O)(=O)O)c4C2(C)C)C3(C)C)cc(OCCCCCC)c1OCCCCCC. The molecule has 35 heteroatoms. The van der Waals surface area contributed by atoms with Gasteiger partial charge in [-0.25, -0.2) is 8.42 Å². The van der Waals surface area contributed by atoms with Crippen LogP contribution in [0.3, 0.4) is 0 Å². The lowest BCUT2D eigenvalue weighted by atomic mass is 9.77. The number of amides is 5. The van der Waals surface area contributed by atoms with Crippen LogP contribution < -0.4 is 59.9 Å². The molecule has 0 fully saturated rings. The molecule has 2 heterocycles. The normalized spacial score (nSPS) is 13.9. The van der Waals surface area contributed by atoms with E-state index in [-0.39, 0.29) is 122 Å². The van der Waals surface area contributed by atoms with Gasteiger partial charge < -0.3 is 64.5 Å². The molecule has 8 N–H and O–H groups in total. The zero-order valence-electron chi connectivity index (χ0n) is 77.5. The molecule has 722 valence electrons. The van der Waals surface area contributed by atoms with E-state index in [1.807, 2.05) is 0 Å². The molecule has 2 aliphatic heterocycles. The topological polar surface area (TPSA) is 445 Å². The van der Waals surface area contributed by atoms with Gasteiger partial charge in [-0.3, -0.25) is 42.4 Å². The largest absolute Gasteiger partial charge is 0.748 e. The number of Topliss-reactive ketones (excluding diaryl/α,β-unsaturated/α-hetero) is 1. The zero-order valence-corrected chi connectivity index (χ0v) is 80.8. The maximum Gasteiger partial charge on any atom is 0.266 e. The first kappa shape index (κ1) is 109. The number of benzene rings is 4. The Labute approximate surface area is 766 Å². The highest BCUT2D eigenvalue weighted by Crippen LogP contribution is 2.51. The molecular weight excluding hydrogens is 1740 g/mol. The van der Waals surface area contributed by atoms with E-state index in [2.05, 4.69) is 68.1 Å². The lowest BCUT2D eigenvalue weighted by Crippen LogP contribution is -2.33. The standard InChI is InChI=1S/C94H143N7O24S4/c1-11-17-23-29-51-120-78-65-71(66-79(121-52-30-24-18-12-2)86(78)124-55-33-27-21-15-5)89(104)96-45-37-44-95-88(103)70-62-74(91(106)98-47-38-46-97-90(105)72-67-80(122-53-31-25-19-13-3)87(125-56-34-28-22-16-6)81(68-72)123-54-32-26-20-14-4)85-76(64-70)101(50-40-59-128(114,115)116)83(94(85,9)10)43-35-42-82-93(7,8)84-73(92(107)99-48-60-129(117,118)119)61-69(77(102)41-36-57-126(108,109)110)63-75(84)100(82)49-39-58-127(111,112)113/h35,42-43,61-68H,11-34,36-41,44-60H2,1-10H3,(H8-,95,96,97,98,99,103,104,105,106,107,108,109,110,111,112,113,114,115,116,117,118,119). The fourth-order valence-corrected chi connectivity index (χ4v) is 17.5. The van der Waals surface area contributed by atoms with Crippen molar-refractivity contribution < 1.29 is 114 Å². The number of nitrogens with one attached hydrogen (secondary N) is 5. The van der Waals surface area contributed by atoms with Crippen molar-refractivity contribution in [1.29, 1.82) is 0 Å². The fourth-order valence-electron chi connectivity index (χ4n) is 15.7. The molecule has 129 heavy (non-hydrogen) atoms. The number of nitrogens with zero attached hydrogens (tertiary/aromatic N) is 2. The van der Waals surface area contributed by atoms with Gasteiger partial charge in [-0.1, -0.05) is 177 Å². The van der Waals surface area contributed by atoms with Gasteiger partial charge in [0.25, 0.3) is 59.9 Å². The summed E-state index contributed by atoms with van der Waals surface area (Å²) < 4.78 is 178. The molecule has 2 aliphatic rings. The Bertz CT molecular complexity index is 4860. The molecule has 0 aliphatic carbocycles. The second-order valence-corrected chi connectivity index (χ2v) is 40.3. The molecule has 0 spiro atoms. The van der Waals surface area contributed by atoms with E-state index < -0.39 is 123 Å². The highest BCUT2D eigenvalue weighted by Gasteiger charge is 2.49. The van der Waals surface area contributed by atoms with E-state index in [1.165, 1.54) is 18.2 Å². The van der Waals surface area contributed by atoms with Crippen LogP contribution in [0.15, 0.2) is 72.5 Å². The minimum absolute atomic E-state index is 0.00733. The summed E-state index contributed by atoms with van der Waals surface area (Å²) in [5.41, 5.74) is -0.504. The van der Waals surface area contributed by atoms with Gasteiger partial charge in [0.2, 0.25) is 17.2 Å². The van der Waals surface area contributed by atoms with Crippen LogP contribution in [0.25, 0.3) is 0 Å². The monoisotopic (exact) mass is 1880 g/mol. The number of fused-ring (bicyclic) bond motifs is 2. The summed E-state index contributed by atoms with van der Waals surface area (Å²) in [5, 5.41) is 14.4. The predicted octanol–water partition coefficient (Wildman–Crippen LogP) is 15.8. The summed E-state index contributed by atoms with van der Waals surface area (Å²) in [6, 6.07) is 12.3. The molecule has 0 radical (unpaired) electrons. The Morgan fingerprint density at radius 3 is 1.16 bits per heavy atom. The average Bonchev–Trinajstić information content (AvgIpc) is 1.57. The van der Waals surface area contributed by atoms with Crippen molar-refractivity contribution in [2.75, 3.05) is 113 Å². The highest BCUT2D eigenvalue weighted by atomic mass is 32.2.